The Hall–Kier alpha value is -2.77. The van der Waals surface area contributed by atoms with Gasteiger partial charge in [0.1, 0.15) is 12.0 Å². The zero-order valence-electron chi connectivity index (χ0n) is 13.4. The lowest BCUT2D eigenvalue weighted by Crippen LogP contribution is -2.42. The van der Waals surface area contributed by atoms with Gasteiger partial charge in [-0.2, -0.15) is 5.10 Å². The van der Waals surface area contributed by atoms with Crippen molar-refractivity contribution in [2.75, 3.05) is 4.90 Å². The van der Waals surface area contributed by atoms with Crippen molar-refractivity contribution >= 4 is 17.3 Å². The number of nitrogens with zero attached hydrogens (tertiary/aromatic N) is 4. The number of rotatable bonds is 3. The second kappa shape index (κ2) is 6.03. The number of halogens is 1. The maximum absolute atomic E-state index is 13.5. The SMILES string of the molecule is CCn1cc([N+](=O)[O-])c(C(=O)N2c3ccc(F)cc3CCC2C)n1. The van der Waals surface area contributed by atoms with Crippen LogP contribution in [-0.4, -0.2) is 26.7 Å². The average Bonchev–Trinajstić information content (AvgIpc) is 2.99. The van der Waals surface area contributed by atoms with Crippen molar-refractivity contribution in [3.8, 4) is 0 Å². The molecule has 0 radical (unpaired) electrons. The number of fused-ring (bicyclic) bond motifs is 1. The molecular weight excluding hydrogens is 315 g/mol. The standard InChI is InChI=1S/C16H17FN4O3/c1-3-19-9-14(21(23)24)15(18-19)16(22)20-10(2)4-5-11-8-12(17)6-7-13(11)20/h6-10H,3-5H2,1-2H3. The number of hydrogen-bond donors (Lipinski definition) is 0. The van der Waals surface area contributed by atoms with Gasteiger partial charge in [-0.15, -0.1) is 0 Å². The molecule has 0 spiro atoms. The van der Waals surface area contributed by atoms with E-state index < -0.39 is 10.8 Å². The summed E-state index contributed by atoms with van der Waals surface area (Å²) >= 11 is 0. The van der Waals surface area contributed by atoms with Crippen LogP contribution in [-0.2, 0) is 13.0 Å². The third kappa shape index (κ3) is 2.64. The maximum Gasteiger partial charge on any atom is 0.320 e. The monoisotopic (exact) mass is 332 g/mol. The van der Waals surface area contributed by atoms with Gasteiger partial charge in [-0.25, -0.2) is 4.39 Å². The average molecular weight is 332 g/mol. The molecule has 1 amide bonds. The number of aryl methyl sites for hydroxylation is 2. The second-order valence-corrected chi connectivity index (χ2v) is 5.81. The van der Waals surface area contributed by atoms with Crippen LogP contribution in [0.25, 0.3) is 0 Å². The smallest absolute Gasteiger partial charge is 0.304 e. The molecule has 0 bridgehead atoms. The van der Waals surface area contributed by atoms with Gasteiger partial charge in [-0.05, 0) is 50.5 Å². The molecule has 3 rings (SSSR count). The molecule has 1 aliphatic heterocycles. The highest BCUT2D eigenvalue weighted by atomic mass is 19.1. The Morgan fingerprint density at radius 2 is 2.25 bits per heavy atom. The van der Waals surface area contributed by atoms with Gasteiger partial charge < -0.3 is 4.90 Å². The van der Waals surface area contributed by atoms with E-state index in [1.165, 1.54) is 27.9 Å². The Morgan fingerprint density at radius 3 is 2.92 bits per heavy atom. The number of hydrogen-bond acceptors (Lipinski definition) is 4. The van der Waals surface area contributed by atoms with E-state index in [0.29, 0.717) is 25.1 Å². The highest BCUT2D eigenvalue weighted by Gasteiger charge is 2.35. The van der Waals surface area contributed by atoms with Crippen molar-refractivity contribution in [1.82, 2.24) is 9.78 Å². The van der Waals surface area contributed by atoms with Gasteiger partial charge in [0.15, 0.2) is 0 Å². The van der Waals surface area contributed by atoms with E-state index in [-0.39, 0.29) is 23.2 Å². The van der Waals surface area contributed by atoms with Crippen LogP contribution in [0.15, 0.2) is 24.4 Å². The Bertz CT molecular complexity index is 818. The first-order valence-corrected chi connectivity index (χ1v) is 7.76. The Labute approximate surface area is 137 Å². The van der Waals surface area contributed by atoms with Crippen molar-refractivity contribution in [3.63, 3.8) is 0 Å². The third-order valence-corrected chi connectivity index (χ3v) is 4.26. The van der Waals surface area contributed by atoms with Crippen LogP contribution >= 0.6 is 0 Å². The molecule has 2 aromatic rings. The molecule has 1 aliphatic rings. The van der Waals surface area contributed by atoms with Gasteiger partial charge in [-0.3, -0.25) is 19.6 Å². The number of benzene rings is 1. The zero-order chi connectivity index (χ0) is 17.4. The number of carbonyl (C=O) groups is 1. The summed E-state index contributed by atoms with van der Waals surface area (Å²) in [5.74, 6) is -0.897. The van der Waals surface area contributed by atoms with E-state index in [4.69, 9.17) is 0 Å². The van der Waals surface area contributed by atoms with E-state index in [1.54, 1.807) is 13.0 Å². The van der Waals surface area contributed by atoms with E-state index in [9.17, 15) is 19.3 Å². The van der Waals surface area contributed by atoms with Crippen molar-refractivity contribution in [3.05, 3.63) is 51.6 Å². The fourth-order valence-electron chi connectivity index (χ4n) is 3.00. The highest BCUT2D eigenvalue weighted by molar-refractivity contribution is 6.08. The van der Waals surface area contributed by atoms with Crippen molar-refractivity contribution in [2.24, 2.45) is 0 Å². The molecule has 0 N–H and O–H groups in total. The van der Waals surface area contributed by atoms with Crippen LogP contribution in [0.4, 0.5) is 15.8 Å². The van der Waals surface area contributed by atoms with E-state index in [1.807, 2.05) is 6.92 Å². The molecule has 24 heavy (non-hydrogen) atoms. The number of aromatic nitrogens is 2. The van der Waals surface area contributed by atoms with E-state index in [0.717, 1.165) is 5.56 Å². The molecule has 126 valence electrons. The van der Waals surface area contributed by atoms with Crippen molar-refractivity contribution < 1.29 is 14.1 Å². The molecule has 0 fully saturated rings. The van der Waals surface area contributed by atoms with Gasteiger partial charge >= 0.3 is 5.69 Å². The fourth-order valence-corrected chi connectivity index (χ4v) is 3.00. The van der Waals surface area contributed by atoms with Crippen LogP contribution < -0.4 is 4.90 Å². The lowest BCUT2D eigenvalue weighted by atomic mass is 9.96. The molecule has 1 aromatic carbocycles. The number of anilines is 1. The summed E-state index contributed by atoms with van der Waals surface area (Å²) in [6, 6.07) is 4.08. The molecule has 1 aromatic heterocycles. The zero-order valence-corrected chi connectivity index (χ0v) is 13.4. The third-order valence-electron chi connectivity index (χ3n) is 4.26. The largest absolute Gasteiger partial charge is 0.320 e. The molecule has 1 unspecified atom stereocenters. The normalized spacial score (nSPS) is 16.8. The first-order chi connectivity index (χ1) is 11.4. The number of carbonyl (C=O) groups excluding carboxylic acids is 1. The summed E-state index contributed by atoms with van der Waals surface area (Å²) < 4.78 is 14.8. The molecule has 1 atom stereocenters. The van der Waals surface area contributed by atoms with Gasteiger partial charge in [0.25, 0.3) is 5.91 Å². The molecule has 0 aliphatic carbocycles. The van der Waals surface area contributed by atoms with E-state index in [2.05, 4.69) is 5.10 Å². The van der Waals surface area contributed by atoms with Crippen LogP contribution in [0.1, 0.15) is 36.3 Å². The van der Waals surface area contributed by atoms with Crippen LogP contribution in [0, 0.1) is 15.9 Å². The first kappa shape index (κ1) is 16.1. The van der Waals surface area contributed by atoms with Crippen molar-refractivity contribution in [1.29, 1.82) is 0 Å². The topological polar surface area (TPSA) is 81.3 Å². The Kier molecular flexibility index (Phi) is 4.04. The number of amides is 1. The van der Waals surface area contributed by atoms with Gasteiger partial charge in [-0.1, -0.05) is 0 Å². The maximum atomic E-state index is 13.5. The predicted molar refractivity (Wildman–Crippen MR) is 85.5 cm³/mol. The summed E-state index contributed by atoms with van der Waals surface area (Å²) in [4.78, 5) is 25.1. The molecular formula is C16H17FN4O3. The summed E-state index contributed by atoms with van der Waals surface area (Å²) in [5.41, 5.74) is 0.800. The van der Waals surface area contributed by atoms with Crippen LogP contribution in [0.3, 0.4) is 0 Å². The predicted octanol–water partition coefficient (Wildman–Crippen LogP) is 2.93. The Morgan fingerprint density at radius 1 is 1.50 bits per heavy atom. The van der Waals surface area contributed by atoms with Gasteiger partial charge in [0, 0.05) is 18.3 Å². The minimum absolute atomic E-state index is 0.151. The minimum atomic E-state index is -0.605. The van der Waals surface area contributed by atoms with Crippen molar-refractivity contribution in [2.45, 2.75) is 39.3 Å². The lowest BCUT2D eigenvalue weighted by Gasteiger charge is -2.34. The molecule has 8 heteroatoms. The molecule has 7 nitrogen and oxygen atoms in total. The fraction of sp³-hybridized carbons (Fsp3) is 0.375. The number of nitro groups is 1. The summed E-state index contributed by atoms with van der Waals surface area (Å²) in [5, 5.41) is 15.3. The lowest BCUT2D eigenvalue weighted by molar-refractivity contribution is -0.385. The highest BCUT2D eigenvalue weighted by Crippen LogP contribution is 2.33. The van der Waals surface area contributed by atoms with Crippen LogP contribution in [0.5, 0.6) is 0 Å². The Balaban J connectivity index is 2.07. The minimum Gasteiger partial charge on any atom is -0.304 e. The molecule has 0 saturated heterocycles. The van der Waals surface area contributed by atoms with Gasteiger partial charge in [0.05, 0.1) is 4.92 Å². The summed E-state index contributed by atoms with van der Waals surface area (Å²) in [7, 11) is 0. The summed E-state index contributed by atoms with van der Waals surface area (Å²) in [6.07, 6.45) is 2.57. The molecule has 2 heterocycles. The van der Waals surface area contributed by atoms with Crippen LogP contribution in [0.2, 0.25) is 0 Å². The molecule has 0 saturated carbocycles. The first-order valence-electron chi connectivity index (χ1n) is 7.76. The van der Waals surface area contributed by atoms with E-state index >= 15 is 0 Å². The van der Waals surface area contributed by atoms with Gasteiger partial charge in [0.2, 0.25) is 5.69 Å². The summed E-state index contributed by atoms with van der Waals surface area (Å²) in [6.45, 7) is 4.07. The quantitative estimate of drug-likeness (QED) is 0.639. The second-order valence-electron chi connectivity index (χ2n) is 5.81.